The van der Waals surface area contributed by atoms with Gasteiger partial charge in [0.1, 0.15) is 11.6 Å². The first-order chi connectivity index (χ1) is 13.2. The quantitative estimate of drug-likeness (QED) is 0.685. The Balaban J connectivity index is 1.44. The molecule has 28 heavy (non-hydrogen) atoms. The maximum atomic E-state index is 13.3. The number of alkyl halides is 3. The maximum absolute atomic E-state index is 13.3. The third kappa shape index (κ3) is 5.84. The highest BCUT2D eigenvalue weighted by atomic mass is 35.5. The molecule has 1 saturated carbocycles. The number of hydrogen-bond acceptors (Lipinski definition) is 3. The standard InChI is InChI=1S/C19H17ClF4N2O2/c20-13-5-12(6-14(21)7-13)18(27)26-16-8-15(9-16)25-10-11-2-1-3-17(4-11)28-19(22,23)24/h1-7,15-16,25H,8-10H2,(H,26,27). The Morgan fingerprint density at radius 1 is 1.14 bits per heavy atom. The molecule has 3 rings (SSSR count). The normalized spacial score (nSPS) is 19.0. The van der Waals surface area contributed by atoms with E-state index in [1.54, 1.807) is 6.07 Å². The Hall–Kier alpha value is -2.32. The van der Waals surface area contributed by atoms with E-state index in [0.717, 1.165) is 12.1 Å². The van der Waals surface area contributed by atoms with Crippen LogP contribution in [0, 0.1) is 5.82 Å². The highest BCUT2D eigenvalue weighted by Gasteiger charge is 2.32. The van der Waals surface area contributed by atoms with Crippen molar-refractivity contribution in [2.75, 3.05) is 0 Å². The lowest BCUT2D eigenvalue weighted by Gasteiger charge is -2.36. The van der Waals surface area contributed by atoms with Crippen molar-refractivity contribution in [2.24, 2.45) is 0 Å². The second-order valence-corrected chi connectivity index (χ2v) is 7.01. The first-order valence-corrected chi connectivity index (χ1v) is 8.91. The predicted molar refractivity (Wildman–Crippen MR) is 95.7 cm³/mol. The second kappa shape index (κ2) is 8.36. The molecule has 1 aliphatic carbocycles. The number of rotatable bonds is 6. The van der Waals surface area contributed by atoms with Crippen LogP contribution in [0.1, 0.15) is 28.8 Å². The van der Waals surface area contributed by atoms with Crippen molar-refractivity contribution in [1.82, 2.24) is 10.6 Å². The zero-order valence-corrected chi connectivity index (χ0v) is 15.3. The summed E-state index contributed by atoms with van der Waals surface area (Å²) in [5.74, 6) is -1.25. The smallest absolute Gasteiger partial charge is 0.406 e. The Labute approximate surface area is 163 Å². The fourth-order valence-electron chi connectivity index (χ4n) is 2.97. The van der Waals surface area contributed by atoms with Crippen LogP contribution >= 0.6 is 11.6 Å². The molecule has 1 aliphatic rings. The summed E-state index contributed by atoms with van der Waals surface area (Å²) in [6.07, 6.45) is -3.40. The van der Waals surface area contributed by atoms with Crippen LogP contribution in [-0.2, 0) is 6.54 Å². The molecule has 0 spiro atoms. The monoisotopic (exact) mass is 416 g/mol. The molecule has 2 N–H and O–H groups in total. The van der Waals surface area contributed by atoms with Crippen LogP contribution in [-0.4, -0.2) is 24.4 Å². The van der Waals surface area contributed by atoms with Crippen molar-refractivity contribution in [1.29, 1.82) is 0 Å². The molecule has 0 aromatic heterocycles. The summed E-state index contributed by atoms with van der Waals surface area (Å²) in [5, 5.41) is 6.17. The van der Waals surface area contributed by atoms with E-state index in [0.29, 0.717) is 24.9 Å². The van der Waals surface area contributed by atoms with Crippen molar-refractivity contribution < 1.29 is 27.1 Å². The second-order valence-electron chi connectivity index (χ2n) is 6.57. The summed E-state index contributed by atoms with van der Waals surface area (Å²) in [4.78, 5) is 12.1. The Kier molecular flexibility index (Phi) is 6.10. The molecule has 2 aromatic rings. The molecule has 9 heteroatoms. The van der Waals surface area contributed by atoms with Gasteiger partial charge < -0.3 is 15.4 Å². The van der Waals surface area contributed by atoms with Gasteiger partial charge in [0.15, 0.2) is 0 Å². The van der Waals surface area contributed by atoms with E-state index >= 15 is 0 Å². The molecule has 1 fully saturated rings. The van der Waals surface area contributed by atoms with Crippen LogP contribution in [0.2, 0.25) is 5.02 Å². The van der Waals surface area contributed by atoms with Crippen LogP contribution in [0.5, 0.6) is 5.75 Å². The van der Waals surface area contributed by atoms with E-state index in [1.165, 1.54) is 24.3 Å². The van der Waals surface area contributed by atoms with Gasteiger partial charge in [0.05, 0.1) is 0 Å². The van der Waals surface area contributed by atoms with Gasteiger partial charge in [-0.15, -0.1) is 13.2 Å². The highest BCUT2D eigenvalue weighted by Crippen LogP contribution is 2.25. The molecule has 0 radical (unpaired) electrons. The molecule has 0 aliphatic heterocycles. The summed E-state index contributed by atoms with van der Waals surface area (Å²) in [6.45, 7) is 0.375. The summed E-state index contributed by atoms with van der Waals surface area (Å²) in [6, 6.07) is 9.44. The zero-order chi connectivity index (χ0) is 20.3. The van der Waals surface area contributed by atoms with E-state index in [1.807, 2.05) is 0 Å². The SMILES string of the molecule is O=C(NC1CC(NCc2cccc(OC(F)(F)F)c2)C1)c1cc(F)cc(Cl)c1. The molecule has 0 bridgehead atoms. The average Bonchev–Trinajstić information content (AvgIpc) is 2.54. The molecular weight excluding hydrogens is 400 g/mol. The number of halogens is 5. The predicted octanol–water partition coefficient (Wildman–Crippen LogP) is 4.43. The van der Waals surface area contributed by atoms with E-state index < -0.39 is 18.1 Å². The summed E-state index contributed by atoms with van der Waals surface area (Å²) < 4.78 is 54.0. The van der Waals surface area contributed by atoms with E-state index in [9.17, 15) is 22.4 Å². The first-order valence-electron chi connectivity index (χ1n) is 8.53. The number of amides is 1. The van der Waals surface area contributed by atoms with Crippen molar-refractivity contribution >= 4 is 17.5 Å². The van der Waals surface area contributed by atoms with Gasteiger partial charge in [0.2, 0.25) is 0 Å². The third-order valence-corrected chi connectivity index (χ3v) is 4.54. The van der Waals surface area contributed by atoms with Gasteiger partial charge in [-0.05, 0) is 48.7 Å². The maximum Gasteiger partial charge on any atom is 0.573 e. The average molecular weight is 417 g/mol. The number of carbonyl (C=O) groups is 1. The fourth-order valence-corrected chi connectivity index (χ4v) is 3.19. The minimum absolute atomic E-state index is 0.0630. The third-order valence-electron chi connectivity index (χ3n) is 4.32. The van der Waals surface area contributed by atoms with Crippen molar-refractivity contribution in [3.8, 4) is 5.75 Å². The lowest BCUT2D eigenvalue weighted by molar-refractivity contribution is -0.274. The topological polar surface area (TPSA) is 50.4 Å². The van der Waals surface area contributed by atoms with E-state index in [-0.39, 0.29) is 28.4 Å². The first kappa shape index (κ1) is 20.4. The van der Waals surface area contributed by atoms with Gasteiger partial charge in [0.25, 0.3) is 5.91 Å². The van der Waals surface area contributed by atoms with Gasteiger partial charge in [-0.1, -0.05) is 23.7 Å². The van der Waals surface area contributed by atoms with Gasteiger partial charge in [0, 0.05) is 29.2 Å². The van der Waals surface area contributed by atoms with Crippen LogP contribution in [0.4, 0.5) is 17.6 Å². The summed E-state index contributed by atoms with van der Waals surface area (Å²) in [5.41, 5.74) is 0.812. The fraction of sp³-hybridized carbons (Fsp3) is 0.316. The van der Waals surface area contributed by atoms with Crippen LogP contribution in [0.15, 0.2) is 42.5 Å². The lowest BCUT2D eigenvalue weighted by atomic mass is 9.86. The molecule has 0 saturated heterocycles. The number of ether oxygens (including phenoxy) is 1. The Morgan fingerprint density at radius 3 is 2.57 bits per heavy atom. The Morgan fingerprint density at radius 2 is 1.89 bits per heavy atom. The van der Waals surface area contributed by atoms with Crippen molar-refractivity contribution in [3.63, 3.8) is 0 Å². The lowest BCUT2D eigenvalue weighted by Crippen LogP contribution is -2.52. The molecule has 150 valence electrons. The van der Waals surface area contributed by atoms with Gasteiger partial charge in [-0.2, -0.15) is 0 Å². The molecule has 2 aromatic carbocycles. The van der Waals surface area contributed by atoms with E-state index in [4.69, 9.17) is 11.6 Å². The molecule has 0 heterocycles. The molecule has 0 atom stereocenters. The molecule has 1 amide bonds. The highest BCUT2D eigenvalue weighted by molar-refractivity contribution is 6.31. The largest absolute Gasteiger partial charge is 0.573 e. The zero-order valence-electron chi connectivity index (χ0n) is 14.5. The summed E-state index contributed by atoms with van der Waals surface area (Å²) in [7, 11) is 0. The van der Waals surface area contributed by atoms with Crippen LogP contribution < -0.4 is 15.4 Å². The molecule has 4 nitrogen and oxygen atoms in total. The van der Waals surface area contributed by atoms with Gasteiger partial charge >= 0.3 is 6.36 Å². The number of benzene rings is 2. The van der Waals surface area contributed by atoms with Gasteiger partial charge in [-0.25, -0.2) is 4.39 Å². The summed E-state index contributed by atoms with van der Waals surface area (Å²) >= 11 is 5.75. The van der Waals surface area contributed by atoms with E-state index in [2.05, 4.69) is 15.4 Å². The Bertz CT molecular complexity index is 834. The van der Waals surface area contributed by atoms with Crippen LogP contribution in [0.3, 0.4) is 0 Å². The van der Waals surface area contributed by atoms with Gasteiger partial charge in [-0.3, -0.25) is 4.79 Å². The number of carbonyl (C=O) groups excluding carboxylic acids is 1. The number of hydrogen-bond donors (Lipinski definition) is 2. The number of nitrogens with one attached hydrogen (secondary N) is 2. The molecule has 0 unspecified atom stereocenters. The minimum atomic E-state index is -4.72. The van der Waals surface area contributed by atoms with Crippen molar-refractivity contribution in [3.05, 3.63) is 64.4 Å². The van der Waals surface area contributed by atoms with Crippen LogP contribution in [0.25, 0.3) is 0 Å². The van der Waals surface area contributed by atoms with Crippen molar-refractivity contribution in [2.45, 2.75) is 37.8 Å². The molecular formula is C19H17ClF4N2O2. The minimum Gasteiger partial charge on any atom is -0.406 e.